The SMILES string of the molecule is C=CCn1c(=N)c(-c2nc(-c3ccccc3)c(NC(=O)c3ccc(Cl)cc3)s2)cc2c(=O)n3ccccc3nc21. The highest BCUT2D eigenvalue weighted by molar-refractivity contribution is 7.19. The van der Waals surface area contributed by atoms with Gasteiger partial charge >= 0.3 is 0 Å². The third-order valence-corrected chi connectivity index (χ3v) is 7.62. The average molecular weight is 565 g/mol. The van der Waals surface area contributed by atoms with E-state index in [1.807, 2.05) is 36.4 Å². The number of rotatable bonds is 6. The molecule has 8 nitrogen and oxygen atoms in total. The molecule has 1 amide bonds. The molecular formula is C30H21ClN6O2S. The second-order valence-electron chi connectivity index (χ2n) is 8.91. The van der Waals surface area contributed by atoms with Crippen LogP contribution in [-0.4, -0.2) is 24.8 Å². The molecule has 2 aromatic carbocycles. The van der Waals surface area contributed by atoms with Crippen LogP contribution in [0.15, 0.2) is 103 Å². The minimum atomic E-state index is -0.315. The second-order valence-corrected chi connectivity index (χ2v) is 10.3. The summed E-state index contributed by atoms with van der Waals surface area (Å²) >= 11 is 7.23. The number of amides is 1. The van der Waals surface area contributed by atoms with Crippen molar-refractivity contribution in [3.8, 4) is 21.8 Å². The summed E-state index contributed by atoms with van der Waals surface area (Å²) in [6, 6.07) is 23.1. The molecule has 0 atom stereocenters. The van der Waals surface area contributed by atoms with E-state index < -0.39 is 0 Å². The zero-order valence-electron chi connectivity index (χ0n) is 21.0. The molecule has 0 aliphatic heterocycles. The van der Waals surface area contributed by atoms with Crippen molar-refractivity contribution >= 4 is 50.5 Å². The van der Waals surface area contributed by atoms with Crippen molar-refractivity contribution in [1.29, 1.82) is 5.41 Å². The van der Waals surface area contributed by atoms with Crippen LogP contribution in [0, 0.1) is 5.41 Å². The molecule has 0 aliphatic rings. The summed E-state index contributed by atoms with van der Waals surface area (Å²) in [7, 11) is 0. The number of anilines is 1. The predicted molar refractivity (Wildman–Crippen MR) is 159 cm³/mol. The van der Waals surface area contributed by atoms with Crippen LogP contribution >= 0.6 is 22.9 Å². The van der Waals surface area contributed by atoms with Crippen molar-refractivity contribution in [2.24, 2.45) is 0 Å². The molecule has 0 spiro atoms. The molecule has 2 N–H and O–H groups in total. The van der Waals surface area contributed by atoms with Crippen molar-refractivity contribution in [3.05, 3.63) is 124 Å². The van der Waals surface area contributed by atoms with Gasteiger partial charge in [0.1, 0.15) is 32.5 Å². The first-order chi connectivity index (χ1) is 19.4. The number of benzene rings is 2. The fourth-order valence-electron chi connectivity index (χ4n) is 4.45. The van der Waals surface area contributed by atoms with Gasteiger partial charge in [-0.1, -0.05) is 65.4 Å². The Morgan fingerprint density at radius 1 is 1.05 bits per heavy atom. The van der Waals surface area contributed by atoms with Crippen molar-refractivity contribution in [3.63, 3.8) is 0 Å². The maximum Gasteiger partial charge on any atom is 0.267 e. The third kappa shape index (κ3) is 4.51. The molecule has 0 aliphatic carbocycles. The number of nitrogens with zero attached hydrogens (tertiary/aromatic N) is 4. The quantitative estimate of drug-likeness (QED) is 0.191. The standard InChI is InChI=1S/C30H21ClN6O2S/c1-2-15-37-25(32)21(17-22-26(37)33-23-10-6-7-16-36(23)30(22)39)28-34-24(18-8-4-3-5-9-18)29(40-28)35-27(38)19-11-13-20(31)14-12-19/h2-14,16-17,32H,1,15H2,(H,35,38). The number of aromatic nitrogens is 4. The zero-order valence-corrected chi connectivity index (χ0v) is 22.5. The van der Waals surface area contributed by atoms with E-state index in [0.717, 1.165) is 5.56 Å². The summed E-state index contributed by atoms with van der Waals surface area (Å²) in [6.45, 7) is 4.11. The molecule has 0 unspecified atom stereocenters. The number of halogens is 1. The minimum absolute atomic E-state index is 0.128. The number of carbonyl (C=O) groups is 1. The van der Waals surface area contributed by atoms with Gasteiger partial charge in [-0.15, -0.1) is 6.58 Å². The lowest BCUT2D eigenvalue weighted by molar-refractivity contribution is 0.102. The van der Waals surface area contributed by atoms with E-state index in [0.29, 0.717) is 48.5 Å². The molecule has 6 aromatic rings. The molecule has 0 fully saturated rings. The van der Waals surface area contributed by atoms with E-state index in [1.165, 1.54) is 15.7 Å². The maximum absolute atomic E-state index is 13.5. The van der Waals surface area contributed by atoms with Gasteiger partial charge in [0.25, 0.3) is 11.5 Å². The van der Waals surface area contributed by atoms with E-state index in [9.17, 15) is 9.59 Å². The van der Waals surface area contributed by atoms with E-state index in [-0.39, 0.29) is 23.5 Å². The van der Waals surface area contributed by atoms with Crippen LogP contribution in [0.25, 0.3) is 38.5 Å². The Morgan fingerprint density at radius 2 is 1.80 bits per heavy atom. The zero-order chi connectivity index (χ0) is 27.8. The lowest BCUT2D eigenvalue weighted by Crippen LogP contribution is -2.26. The Morgan fingerprint density at radius 3 is 2.55 bits per heavy atom. The summed E-state index contributed by atoms with van der Waals surface area (Å²) in [4.78, 5) is 36.2. The van der Waals surface area contributed by atoms with Crippen molar-refractivity contribution in [2.75, 3.05) is 5.32 Å². The lowest BCUT2D eigenvalue weighted by atomic mass is 10.1. The third-order valence-electron chi connectivity index (χ3n) is 6.37. The number of carbonyl (C=O) groups excluding carboxylic acids is 1. The Balaban J connectivity index is 1.56. The highest BCUT2D eigenvalue weighted by atomic mass is 35.5. The highest BCUT2D eigenvalue weighted by Gasteiger charge is 2.21. The van der Waals surface area contributed by atoms with Crippen LogP contribution < -0.4 is 16.4 Å². The minimum Gasteiger partial charge on any atom is -0.312 e. The summed E-state index contributed by atoms with van der Waals surface area (Å²) in [6.07, 6.45) is 3.32. The lowest BCUT2D eigenvalue weighted by Gasteiger charge is -2.12. The monoisotopic (exact) mass is 564 g/mol. The Bertz CT molecular complexity index is 2050. The molecular weight excluding hydrogens is 544 g/mol. The Hall–Kier alpha value is -4.86. The first kappa shape index (κ1) is 25.4. The van der Waals surface area contributed by atoms with Crippen molar-refractivity contribution in [2.45, 2.75) is 6.54 Å². The van der Waals surface area contributed by atoms with Gasteiger partial charge in [0, 0.05) is 28.9 Å². The van der Waals surface area contributed by atoms with E-state index in [2.05, 4.69) is 16.9 Å². The normalized spacial score (nSPS) is 11.1. The number of hydrogen-bond donors (Lipinski definition) is 2. The molecule has 40 heavy (non-hydrogen) atoms. The molecule has 6 rings (SSSR count). The first-order valence-electron chi connectivity index (χ1n) is 12.3. The first-order valence-corrected chi connectivity index (χ1v) is 13.5. The van der Waals surface area contributed by atoms with Gasteiger partial charge in [-0.3, -0.25) is 19.4 Å². The molecule has 4 aromatic heterocycles. The molecule has 4 heterocycles. The summed E-state index contributed by atoms with van der Waals surface area (Å²) in [5.41, 5.74) is 3.00. The van der Waals surface area contributed by atoms with Crippen LogP contribution in [0.1, 0.15) is 10.4 Å². The number of hydrogen-bond acceptors (Lipinski definition) is 6. The van der Waals surface area contributed by atoms with Crippen LogP contribution in [0.2, 0.25) is 5.02 Å². The van der Waals surface area contributed by atoms with E-state index >= 15 is 0 Å². The van der Waals surface area contributed by atoms with Gasteiger partial charge < -0.3 is 9.88 Å². The van der Waals surface area contributed by atoms with Gasteiger partial charge in [-0.25, -0.2) is 9.97 Å². The van der Waals surface area contributed by atoms with Crippen molar-refractivity contribution in [1.82, 2.24) is 18.9 Å². The predicted octanol–water partition coefficient (Wildman–Crippen LogP) is 6.01. The number of fused-ring (bicyclic) bond motifs is 2. The molecule has 0 saturated heterocycles. The molecule has 0 saturated carbocycles. The molecule has 10 heteroatoms. The van der Waals surface area contributed by atoms with Gasteiger partial charge in [0.05, 0.1) is 10.9 Å². The second kappa shape index (κ2) is 10.4. The fourth-order valence-corrected chi connectivity index (χ4v) is 5.57. The number of thiazole rings is 1. The van der Waals surface area contributed by atoms with E-state index in [4.69, 9.17) is 22.0 Å². The van der Waals surface area contributed by atoms with Gasteiger partial charge in [0.2, 0.25) is 0 Å². The van der Waals surface area contributed by atoms with Crippen molar-refractivity contribution < 1.29 is 4.79 Å². The molecule has 196 valence electrons. The van der Waals surface area contributed by atoms with Gasteiger partial charge in [-0.2, -0.15) is 0 Å². The smallest absolute Gasteiger partial charge is 0.267 e. The van der Waals surface area contributed by atoms with Gasteiger partial charge in [-0.05, 0) is 42.5 Å². The number of nitrogens with one attached hydrogen (secondary N) is 2. The maximum atomic E-state index is 13.5. The fraction of sp³-hybridized carbons (Fsp3) is 0.0333. The van der Waals surface area contributed by atoms with Crippen LogP contribution in [0.3, 0.4) is 0 Å². The number of allylic oxidation sites excluding steroid dienone is 1. The topological polar surface area (TPSA) is 105 Å². The van der Waals surface area contributed by atoms with Crippen LogP contribution in [0.5, 0.6) is 0 Å². The summed E-state index contributed by atoms with van der Waals surface area (Å²) < 4.78 is 3.12. The molecule has 0 radical (unpaired) electrons. The average Bonchev–Trinajstić information content (AvgIpc) is 3.39. The number of pyridine rings is 2. The Kier molecular flexibility index (Phi) is 6.59. The Labute approximate surface area is 237 Å². The summed E-state index contributed by atoms with van der Waals surface area (Å²) in [5, 5.41) is 13.9. The van der Waals surface area contributed by atoms with E-state index in [1.54, 1.807) is 59.3 Å². The van der Waals surface area contributed by atoms with Crippen LogP contribution in [0.4, 0.5) is 5.00 Å². The largest absolute Gasteiger partial charge is 0.312 e. The van der Waals surface area contributed by atoms with Crippen LogP contribution in [-0.2, 0) is 6.54 Å². The summed E-state index contributed by atoms with van der Waals surface area (Å²) in [5.74, 6) is -0.315. The van der Waals surface area contributed by atoms with Gasteiger partial charge in [0.15, 0.2) is 0 Å². The highest BCUT2D eigenvalue weighted by Crippen LogP contribution is 2.37. The molecule has 0 bridgehead atoms.